The van der Waals surface area contributed by atoms with E-state index >= 15 is 0 Å². The predicted molar refractivity (Wildman–Crippen MR) is 154 cm³/mol. The molecule has 0 N–H and O–H groups in total. The average Bonchev–Trinajstić information content (AvgIpc) is 3.24. The van der Waals surface area contributed by atoms with Gasteiger partial charge in [0.15, 0.2) is 4.80 Å². The van der Waals surface area contributed by atoms with Gasteiger partial charge >= 0.3 is 5.97 Å². The monoisotopic (exact) mass is 578 g/mol. The molecule has 1 aliphatic heterocycles. The van der Waals surface area contributed by atoms with Crippen LogP contribution in [-0.4, -0.2) is 17.1 Å². The molecule has 1 unspecified atom stereocenters. The molecule has 1 aliphatic rings. The van der Waals surface area contributed by atoms with Gasteiger partial charge in [0, 0.05) is 0 Å². The van der Waals surface area contributed by atoms with Gasteiger partial charge in [0.05, 0.1) is 38.5 Å². The highest BCUT2D eigenvalue weighted by Gasteiger charge is 2.33. The highest BCUT2D eigenvalue weighted by atomic mass is 35.5. The number of fused-ring (bicyclic) bond motifs is 1. The number of hydrogen-bond donors (Lipinski definition) is 0. The van der Waals surface area contributed by atoms with Crippen LogP contribution in [0.1, 0.15) is 36.6 Å². The lowest BCUT2D eigenvalue weighted by molar-refractivity contribution is -0.140. The van der Waals surface area contributed by atoms with Crippen LogP contribution in [-0.2, 0) is 16.1 Å². The third-order valence-corrected chi connectivity index (χ3v) is 7.92. The van der Waals surface area contributed by atoms with Gasteiger partial charge in [-0.2, -0.15) is 0 Å². The number of allylic oxidation sites excluding steroid dienone is 1. The van der Waals surface area contributed by atoms with Crippen LogP contribution in [0, 0.1) is 0 Å². The summed E-state index contributed by atoms with van der Waals surface area (Å²) in [5, 5.41) is 0.824. The van der Waals surface area contributed by atoms with E-state index in [4.69, 9.17) is 32.7 Å². The molecule has 0 aliphatic carbocycles. The van der Waals surface area contributed by atoms with Crippen LogP contribution in [0.25, 0.3) is 6.08 Å². The van der Waals surface area contributed by atoms with Crippen molar-refractivity contribution in [3.63, 3.8) is 0 Å². The van der Waals surface area contributed by atoms with Gasteiger partial charge in [-0.25, -0.2) is 9.79 Å². The number of carbonyl (C=O) groups excluding carboxylic acids is 1. The van der Waals surface area contributed by atoms with Gasteiger partial charge in [-0.15, -0.1) is 0 Å². The van der Waals surface area contributed by atoms with Gasteiger partial charge in [0.2, 0.25) is 0 Å². The highest BCUT2D eigenvalue weighted by molar-refractivity contribution is 7.07. The molecule has 4 aromatic rings. The lowest BCUT2D eigenvalue weighted by Crippen LogP contribution is -2.39. The van der Waals surface area contributed by atoms with Crippen molar-refractivity contribution >= 4 is 46.6 Å². The van der Waals surface area contributed by atoms with Gasteiger partial charge in [-0.3, -0.25) is 9.36 Å². The number of ether oxygens (including phenoxy) is 2. The number of aromatic nitrogens is 1. The second-order valence-electron chi connectivity index (χ2n) is 8.82. The van der Waals surface area contributed by atoms with Crippen molar-refractivity contribution in [2.24, 2.45) is 4.99 Å². The Kier molecular flexibility index (Phi) is 8.02. The van der Waals surface area contributed by atoms with E-state index in [9.17, 15) is 9.59 Å². The molecule has 9 heteroatoms. The van der Waals surface area contributed by atoms with Crippen LogP contribution >= 0.6 is 34.5 Å². The molecule has 0 radical (unpaired) electrons. The summed E-state index contributed by atoms with van der Waals surface area (Å²) in [6, 6.07) is 21.2. The summed E-state index contributed by atoms with van der Waals surface area (Å²) in [6.45, 7) is 4.30. The smallest absolute Gasteiger partial charge is 0.338 e. The van der Waals surface area contributed by atoms with Crippen molar-refractivity contribution < 1.29 is 14.3 Å². The van der Waals surface area contributed by atoms with Crippen molar-refractivity contribution in [2.75, 3.05) is 6.61 Å². The quantitative estimate of drug-likeness (QED) is 0.264. The summed E-state index contributed by atoms with van der Waals surface area (Å²) < 4.78 is 13.3. The maximum atomic E-state index is 13.8. The standard InChI is InChI=1S/C30H24Cl2N2O4S/c1-3-37-22-12-10-21(11-13-22)27-26(29(36)38-17-19-7-5-4-6-8-19)18(2)33-30-34(27)28(35)25(39-30)16-20-9-14-23(31)24(32)15-20/h4-16,27H,3,17H2,1-2H3/b25-16-. The molecule has 2 heterocycles. The van der Waals surface area contributed by atoms with Crippen molar-refractivity contribution in [2.45, 2.75) is 26.5 Å². The lowest BCUT2D eigenvalue weighted by atomic mass is 9.96. The number of thiazole rings is 1. The second-order valence-corrected chi connectivity index (χ2v) is 10.6. The maximum Gasteiger partial charge on any atom is 0.338 e. The molecule has 1 aromatic heterocycles. The number of carbonyl (C=O) groups is 1. The summed E-state index contributed by atoms with van der Waals surface area (Å²) in [7, 11) is 0. The molecule has 198 valence electrons. The van der Waals surface area contributed by atoms with Gasteiger partial charge in [-0.05, 0) is 60.9 Å². The zero-order valence-corrected chi connectivity index (χ0v) is 23.5. The number of halogens is 2. The molecule has 0 fully saturated rings. The molecule has 5 rings (SSSR count). The molecular weight excluding hydrogens is 555 g/mol. The Balaban J connectivity index is 1.61. The van der Waals surface area contributed by atoms with Crippen LogP contribution in [0.5, 0.6) is 5.75 Å². The minimum atomic E-state index is -0.726. The van der Waals surface area contributed by atoms with E-state index in [0.717, 1.165) is 16.7 Å². The SMILES string of the molecule is CCOc1ccc(C2C(C(=O)OCc3ccccc3)=C(C)N=c3s/c(=C\c4ccc(Cl)c(Cl)c4)c(=O)n32)cc1. The Labute approximate surface area is 239 Å². The van der Waals surface area contributed by atoms with Crippen molar-refractivity contribution in [1.82, 2.24) is 4.57 Å². The van der Waals surface area contributed by atoms with E-state index in [1.165, 1.54) is 11.3 Å². The van der Waals surface area contributed by atoms with Crippen LogP contribution in [0.3, 0.4) is 0 Å². The minimum absolute atomic E-state index is 0.105. The normalized spacial score (nSPS) is 15.1. The van der Waals surface area contributed by atoms with Crippen LogP contribution in [0.15, 0.2) is 93.9 Å². The summed E-state index contributed by atoms with van der Waals surface area (Å²) in [6.07, 6.45) is 1.74. The topological polar surface area (TPSA) is 69.9 Å². The Bertz CT molecular complexity index is 1740. The number of benzene rings is 3. The first-order valence-electron chi connectivity index (χ1n) is 12.3. The number of rotatable bonds is 7. The first kappa shape index (κ1) is 26.9. The van der Waals surface area contributed by atoms with E-state index in [0.29, 0.717) is 43.0 Å². The van der Waals surface area contributed by atoms with Crippen LogP contribution in [0.2, 0.25) is 10.0 Å². The predicted octanol–water partition coefficient (Wildman–Crippen LogP) is 5.68. The van der Waals surface area contributed by atoms with E-state index in [2.05, 4.69) is 4.99 Å². The molecule has 3 aromatic carbocycles. The van der Waals surface area contributed by atoms with Crippen molar-refractivity contribution in [3.8, 4) is 5.75 Å². The van der Waals surface area contributed by atoms with Gasteiger partial charge in [-0.1, -0.05) is 83.1 Å². The third-order valence-electron chi connectivity index (χ3n) is 6.20. The molecule has 6 nitrogen and oxygen atoms in total. The van der Waals surface area contributed by atoms with Crippen LogP contribution in [0.4, 0.5) is 0 Å². The molecule has 0 saturated heterocycles. The third kappa shape index (κ3) is 5.71. The molecule has 0 saturated carbocycles. The molecule has 0 spiro atoms. The largest absolute Gasteiger partial charge is 0.494 e. The first-order chi connectivity index (χ1) is 18.9. The maximum absolute atomic E-state index is 13.8. The fourth-order valence-corrected chi connectivity index (χ4v) is 5.72. The van der Waals surface area contributed by atoms with E-state index in [1.54, 1.807) is 35.8 Å². The highest BCUT2D eigenvalue weighted by Crippen LogP contribution is 2.32. The zero-order valence-electron chi connectivity index (χ0n) is 21.2. The first-order valence-corrected chi connectivity index (χ1v) is 13.8. The Hall–Kier alpha value is -3.65. The van der Waals surface area contributed by atoms with Crippen molar-refractivity contribution in [1.29, 1.82) is 0 Å². The van der Waals surface area contributed by atoms with Gasteiger partial charge in [0.1, 0.15) is 12.4 Å². The Morgan fingerprint density at radius 1 is 1.05 bits per heavy atom. The molecule has 1 atom stereocenters. The molecule has 39 heavy (non-hydrogen) atoms. The fourth-order valence-electron chi connectivity index (χ4n) is 4.37. The number of nitrogens with zero attached hydrogens (tertiary/aromatic N) is 2. The van der Waals surface area contributed by atoms with Crippen molar-refractivity contribution in [3.05, 3.63) is 130 Å². The fraction of sp³-hybridized carbons (Fsp3) is 0.167. The zero-order chi connectivity index (χ0) is 27.5. The van der Waals surface area contributed by atoms with E-state index in [1.807, 2.05) is 61.5 Å². The number of hydrogen-bond acceptors (Lipinski definition) is 6. The van der Waals surface area contributed by atoms with E-state index < -0.39 is 12.0 Å². The number of esters is 1. The van der Waals surface area contributed by atoms with E-state index in [-0.39, 0.29) is 12.2 Å². The molecule has 0 amide bonds. The Morgan fingerprint density at radius 2 is 1.79 bits per heavy atom. The minimum Gasteiger partial charge on any atom is -0.494 e. The molecular formula is C30H24Cl2N2O4S. The summed E-state index contributed by atoms with van der Waals surface area (Å²) >= 11 is 13.5. The van der Waals surface area contributed by atoms with Gasteiger partial charge in [0.25, 0.3) is 5.56 Å². The molecule has 0 bridgehead atoms. The lowest BCUT2D eigenvalue weighted by Gasteiger charge is -2.25. The Morgan fingerprint density at radius 3 is 2.49 bits per heavy atom. The van der Waals surface area contributed by atoms with Gasteiger partial charge < -0.3 is 9.47 Å². The summed E-state index contributed by atoms with van der Waals surface area (Å²) in [5.41, 5.74) is 2.86. The summed E-state index contributed by atoms with van der Waals surface area (Å²) in [5.74, 6) is 0.167. The van der Waals surface area contributed by atoms with Crippen LogP contribution < -0.4 is 19.6 Å². The summed E-state index contributed by atoms with van der Waals surface area (Å²) in [4.78, 5) is 32.4. The average molecular weight is 580 g/mol. The second kappa shape index (κ2) is 11.6.